The van der Waals surface area contributed by atoms with Crippen molar-refractivity contribution in [2.75, 3.05) is 7.11 Å². The zero-order valence-corrected chi connectivity index (χ0v) is 10.3. The van der Waals surface area contributed by atoms with E-state index in [1.54, 1.807) is 12.1 Å². The van der Waals surface area contributed by atoms with Gasteiger partial charge >= 0.3 is 5.97 Å². The Morgan fingerprint density at radius 2 is 2.00 bits per heavy atom. The minimum atomic E-state index is -1.17. The van der Waals surface area contributed by atoms with Gasteiger partial charge in [-0.1, -0.05) is 6.07 Å². The summed E-state index contributed by atoms with van der Waals surface area (Å²) in [5, 5.41) is 19.7. The van der Waals surface area contributed by atoms with Gasteiger partial charge in [0.1, 0.15) is 17.0 Å². The van der Waals surface area contributed by atoms with Crippen molar-refractivity contribution in [3.63, 3.8) is 0 Å². The third-order valence-corrected chi connectivity index (χ3v) is 2.94. The number of carbonyl (C=O) groups is 1. The van der Waals surface area contributed by atoms with E-state index in [4.69, 9.17) is 9.84 Å². The molecule has 0 aliphatic heterocycles. The number of aromatic hydroxyl groups is 1. The molecule has 1 aromatic heterocycles. The van der Waals surface area contributed by atoms with Gasteiger partial charge in [0.2, 0.25) is 0 Å². The number of rotatable bonds is 2. The van der Waals surface area contributed by atoms with Crippen LogP contribution in [0, 0.1) is 13.8 Å². The first-order valence-electron chi connectivity index (χ1n) is 5.37. The smallest absolute Gasteiger partial charge is 0.354 e. The number of carboxylic acids is 1. The number of aryl methyl sites for hydroxylation is 1. The summed E-state index contributed by atoms with van der Waals surface area (Å²) in [5.41, 5.74) is 1.27. The number of ether oxygens (including phenoxy) is 1. The molecule has 94 valence electrons. The third-order valence-electron chi connectivity index (χ3n) is 2.94. The molecular formula is C13H13NO4. The monoisotopic (exact) mass is 247 g/mol. The minimum absolute atomic E-state index is 0.0613. The third kappa shape index (κ3) is 1.64. The molecule has 0 amide bonds. The highest BCUT2D eigenvalue weighted by molar-refractivity contribution is 5.98. The Hall–Kier alpha value is -2.30. The second-order valence-electron chi connectivity index (χ2n) is 4.05. The number of benzene rings is 1. The maximum absolute atomic E-state index is 11.1. The highest BCUT2D eigenvalue weighted by atomic mass is 16.5. The number of aromatic nitrogens is 1. The van der Waals surface area contributed by atoms with Crippen LogP contribution in [0.5, 0.6) is 11.5 Å². The standard InChI is InChI=1S/C13H13NO4/c1-6-4-5-8(18-3)11-9(6)12(15)7(2)10(14-11)13(16)17/h4-5H,1-3H3,(H,14,15)(H,16,17). The van der Waals surface area contributed by atoms with E-state index in [2.05, 4.69) is 4.98 Å². The van der Waals surface area contributed by atoms with E-state index < -0.39 is 5.97 Å². The van der Waals surface area contributed by atoms with Crippen molar-refractivity contribution >= 4 is 16.9 Å². The molecule has 2 N–H and O–H groups in total. The number of hydrogen-bond acceptors (Lipinski definition) is 4. The van der Waals surface area contributed by atoms with E-state index in [-0.39, 0.29) is 17.0 Å². The Bertz CT molecular complexity index is 649. The van der Waals surface area contributed by atoms with Gasteiger partial charge in [-0.3, -0.25) is 0 Å². The molecule has 0 saturated carbocycles. The lowest BCUT2D eigenvalue weighted by Gasteiger charge is -2.12. The van der Waals surface area contributed by atoms with Crippen LogP contribution in [0.4, 0.5) is 0 Å². The highest BCUT2D eigenvalue weighted by Crippen LogP contribution is 2.36. The van der Waals surface area contributed by atoms with Crippen LogP contribution in [0.1, 0.15) is 21.6 Å². The van der Waals surface area contributed by atoms with Crippen molar-refractivity contribution in [3.05, 3.63) is 29.0 Å². The first-order valence-corrected chi connectivity index (χ1v) is 5.37. The second kappa shape index (κ2) is 4.18. The first kappa shape index (κ1) is 12.2. The van der Waals surface area contributed by atoms with E-state index in [1.807, 2.05) is 6.92 Å². The van der Waals surface area contributed by atoms with Gasteiger partial charge < -0.3 is 14.9 Å². The van der Waals surface area contributed by atoms with E-state index >= 15 is 0 Å². The van der Waals surface area contributed by atoms with Crippen LogP contribution in [-0.4, -0.2) is 28.3 Å². The number of carboxylic acid groups (broad SMARTS) is 1. The summed E-state index contributed by atoms with van der Waals surface area (Å²) in [6.45, 7) is 3.35. The number of methoxy groups -OCH3 is 1. The van der Waals surface area contributed by atoms with Gasteiger partial charge in [-0.25, -0.2) is 9.78 Å². The van der Waals surface area contributed by atoms with Crippen molar-refractivity contribution < 1.29 is 19.7 Å². The zero-order chi connectivity index (χ0) is 13.4. The van der Waals surface area contributed by atoms with E-state index in [0.717, 1.165) is 5.56 Å². The molecule has 0 bridgehead atoms. The summed E-state index contributed by atoms with van der Waals surface area (Å²) in [5.74, 6) is -0.796. The van der Waals surface area contributed by atoms with Gasteiger partial charge in [-0.15, -0.1) is 0 Å². The predicted octanol–water partition coefficient (Wildman–Crippen LogP) is 2.26. The van der Waals surface area contributed by atoms with Crippen LogP contribution in [0.15, 0.2) is 12.1 Å². The molecule has 18 heavy (non-hydrogen) atoms. The van der Waals surface area contributed by atoms with Crippen LogP contribution >= 0.6 is 0 Å². The maximum atomic E-state index is 11.1. The lowest BCUT2D eigenvalue weighted by atomic mass is 10.0. The highest BCUT2D eigenvalue weighted by Gasteiger charge is 2.19. The number of aromatic carboxylic acids is 1. The average molecular weight is 247 g/mol. The maximum Gasteiger partial charge on any atom is 0.354 e. The molecule has 0 radical (unpaired) electrons. The van der Waals surface area contributed by atoms with Crippen LogP contribution < -0.4 is 4.74 Å². The van der Waals surface area contributed by atoms with Crippen LogP contribution in [-0.2, 0) is 0 Å². The van der Waals surface area contributed by atoms with Gasteiger partial charge in [-0.2, -0.15) is 0 Å². The molecule has 0 aliphatic rings. The fraction of sp³-hybridized carbons (Fsp3) is 0.231. The Labute approximate surface area is 104 Å². The lowest BCUT2D eigenvalue weighted by molar-refractivity contribution is 0.0689. The van der Waals surface area contributed by atoms with Gasteiger partial charge in [0.05, 0.1) is 7.11 Å². The second-order valence-corrected chi connectivity index (χ2v) is 4.05. The molecule has 5 heteroatoms. The molecular weight excluding hydrogens is 234 g/mol. The van der Waals surface area contributed by atoms with E-state index in [0.29, 0.717) is 16.7 Å². The minimum Gasteiger partial charge on any atom is -0.507 e. The number of pyridine rings is 1. The van der Waals surface area contributed by atoms with Gasteiger partial charge in [0.15, 0.2) is 5.69 Å². The van der Waals surface area contributed by atoms with Gasteiger partial charge in [0, 0.05) is 10.9 Å². The van der Waals surface area contributed by atoms with Crippen molar-refractivity contribution in [2.45, 2.75) is 13.8 Å². The Balaban J connectivity index is 2.98. The summed E-state index contributed by atoms with van der Waals surface area (Å²) >= 11 is 0. The molecule has 2 rings (SSSR count). The summed E-state index contributed by atoms with van der Waals surface area (Å²) in [7, 11) is 1.48. The Morgan fingerprint density at radius 3 is 2.56 bits per heavy atom. The molecule has 1 aromatic carbocycles. The molecule has 2 aromatic rings. The summed E-state index contributed by atoms with van der Waals surface area (Å²) in [6, 6.07) is 3.49. The van der Waals surface area contributed by atoms with Crippen molar-refractivity contribution in [3.8, 4) is 11.5 Å². The summed E-state index contributed by atoms with van der Waals surface area (Å²) in [4.78, 5) is 15.2. The number of fused-ring (bicyclic) bond motifs is 1. The molecule has 0 saturated heterocycles. The van der Waals surface area contributed by atoms with E-state index in [1.165, 1.54) is 14.0 Å². The molecule has 0 spiro atoms. The van der Waals surface area contributed by atoms with Gasteiger partial charge in [-0.05, 0) is 25.5 Å². The molecule has 0 unspecified atom stereocenters. The predicted molar refractivity (Wildman–Crippen MR) is 66.4 cm³/mol. The van der Waals surface area contributed by atoms with Crippen LogP contribution in [0.25, 0.3) is 10.9 Å². The Kier molecular flexibility index (Phi) is 2.82. The topological polar surface area (TPSA) is 79.7 Å². The SMILES string of the molecule is COc1ccc(C)c2c(O)c(C)c(C(=O)O)nc12. The molecule has 5 nitrogen and oxygen atoms in total. The Morgan fingerprint density at radius 1 is 1.33 bits per heavy atom. The van der Waals surface area contributed by atoms with Crippen molar-refractivity contribution in [2.24, 2.45) is 0 Å². The molecule has 0 aliphatic carbocycles. The van der Waals surface area contributed by atoms with Crippen LogP contribution in [0.3, 0.4) is 0 Å². The normalized spacial score (nSPS) is 10.6. The quantitative estimate of drug-likeness (QED) is 0.850. The zero-order valence-electron chi connectivity index (χ0n) is 10.3. The van der Waals surface area contributed by atoms with E-state index in [9.17, 15) is 9.90 Å². The molecule has 1 heterocycles. The fourth-order valence-corrected chi connectivity index (χ4v) is 1.95. The summed E-state index contributed by atoms with van der Waals surface area (Å²) in [6.07, 6.45) is 0. The fourth-order valence-electron chi connectivity index (χ4n) is 1.95. The van der Waals surface area contributed by atoms with Gasteiger partial charge in [0.25, 0.3) is 0 Å². The molecule has 0 fully saturated rings. The lowest BCUT2D eigenvalue weighted by Crippen LogP contribution is -2.05. The average Bonchev–Trinajstić information content (AvgIpc) is 2.33. The van der Waals surface area contributed by atoms with Crippen molar-refractivity contribution in [1.82, 2.24) is 4.98 Å². The van der Waals surface area contributed by atoms with Crippen molar-refractivity contribution in [1.29, 1.82) is 0 Å². The summed E-state index contributed by atoms with van der Waals surface area (Å²) < 4.78 is 5.15. The first-order chi connectivity index (χ1) is 8.47. The van der Waals surface area contributed by atoms with Crippen LogP contribution in [0.2, 0.25) is 0 Å². The largest absolute Gasteiger partial charge is 0.507 e. The number of nitrogens with zero attached hydrogens (tertiary/aromatic N) is 1. The number of hydrogen-bond donors (Lipinski definition) is 2. The molecule has 0 atom stereocenters.